The predicted molar refractivity (Wildman–Crippen MR) is 115 cm³/mol. The number of carbonyl (C=O) groups is 2. The van der Waals surface area contributed by atoms with Crippen LogP contribution >= 0.6 is 0 Å². The molecule has 0 amide bonds. The minimum atomic E-state index is -0.742. The maximum absolute atomic E-state index is 12.3. The monoisotopic (exact) mass is 432 g/mol. The Hall–Kier alpha value is -3.62. The van der Waals surface area contributed by atoms with E-state index in [1.165, 1.54) is 24.3 Å². The SMILES string of the molecule is CCCCOC(=O)c1cc(Oc2cc(N)c(O)c(C(=O)OCCCC)c2)cc(N)c1O. The Morgan fingerprint density at radius 3 is 1.52 bits per heavy atom. The highest BCUT2D eigenvalue weighted by Crippen LogP contribution is 2.36. The van der Waals surface area contributed by atoms with Gasteiger partial charge in [-0.05, 0) is 25.0 Å². The van der Waals surface area contributed by atoms with E-state index in [9.17, 15) is 19.8 Å². The number of nitrogen functional groups attached to an aromatic ring is 2. The molecule has 0 fully saturated rings. The largest absolute Gasteiger partial charge is 0.505 e. The van der Waals surface area contributed by atoms with E-state index in [-0.39, 0.29) is 47.2 Å². The zero-order chi connectivity index (χ0) is 23.0. The first-order valence-electron chi connectivity index (χ1n) is 10.1. The van der Waals surface area contributed by atoms with Crippen molar-refractivity contribution < 1.29 is 34.0 Å². The van der Waals surface area contributed by atoms with Crippen molar-refractivity contribution in [2.75, 3.05) is 24.7 Å². The Bertz CT molecular complexity index is 868. The first kappa shape index (κ1) is 23.7. The van der Waals surface area contributed by atoms with Crippen LogP contribution in [0.3, 0.4) is 0 Å². The third-order valence-corrected chi connectivity index (χ3v) is 4.36. The van der Waals surface area contributed by atoms with Crippen LogP contribution in [-0.4, -0.2) is 35.4 Å². The number of rotatable bonds is 10. The van der Waals surface area contributed by atoms with Crippen molar-refractivity contribution in [3.8, 4) is 23.0 Å². The minimum absolute atomic E-state index is 0.0918. The first-order valence-corrected chi connectivity index (χ1v) is 10.1. The molecule has 0 unspecified atom stereocenters. The maximum Gasteiger partial charge on any atom is 0.342 e. The van der Waals surface area contributed by atoms with Crippen LogP contribution < -0.4 is 16.2 Å². The molecule has 2 aromatic carbocycles. The van der Waals surface area contributed by atoms with Crippen LogP contribution in [0.15, 0.2) is 24.3 Å². The molecule has 2 aromatic rings. The van der Waals surface area contributed by atoms with E-state index in [2.05, 4.69) is 0 Å². The van der Waals surface area contributed by atoms with Gasteiger partial charge in [-0.3, -0.25) is 0 Å². The number of esters is 2. The van der Waals surface area contributed by atoms with Crippen molar-refractivity contribution in [2.45, 2.75) is 39.5 Å². The molecule has 31 heavy (non-hydrogen) atoms. The maximum atomic E-state index is 12.3. The average molecular weight is 432 g/mol. The Labute approximate surface area is 180 Å². The highest BCUT2D eigenvalue weighted by Gasteiger charge is 2.20. The summed E-state index contributed by atoms with van der Waals surface area (Å²) >= 11 is 0. The molecule has 6 N–H and O–H groups in total. The van der Waals surface area contributed by atoms with Crippen LogP contribution in [0.4, 0.5) is 11.4 Å². The van der Waals surface area contributed by atoms with Gasteiger partial charge in [-0.15, -0.1) is 0 Å². The van der Waals surface area contributed by atoms with Gasteiger partial charge >= 0.3 is 11.9 Å². The Balaban J connectivity index is 2.29. The molecule has 0 saturated heterocycles. The minimum Gasteiger partial charge on any atom is -0.505 e. The molecule has 0 saturated carbocycles. The molecule has 0 aliphatic rings. The number of nitrogens with two attached hydrogens (primary N) is 2. The summed E-state index contributed by atoms with van der Waals surface area (Å²) in [7, 11) is 0. The molecule has 168 valence electrons. The molecule has 0 aliphatic carbocycles. The summed E-state index contributed by atoms with van der Waals surface area (Å²) in [5.74, 6) is -2.11. The van der Waals surface area contributed by atoms with E-state index < -0.39 is 23.4 Å². The lowest BCUT2D eigenvalue weighted by Gasteiger charge is -2.14. The van der Waals surface area contributed by atoms with E-state index >= 15 is 0 Å². The average Bonchev–Trinajstić information content (AvgIpc) is 2.73. The zero-order valence-corrected chi connectivity index (χ0v) is 17.6. The normalized spacial score (nSPS) is 10.5. The number of unbranched alkanes of at least 4 members (excludes halogenated alkanes) is 2. The number of hydrogen-bond donors (Lipinski definition) is 4. The number of benzene rings is 2. The van der Waals surface area contributed by atoms with E-state index in [0.29, 0.717) is 12.8 Å². The van der Waals surface area contributed by atoms with Crippen LogP contribution in [-0.2, 0) is 9.47 Å². The van der Waals surface area contributed by atoms with Crippen molar-refractivity contribution in [3.05, 3.63) is 35.4 Å². The second-order valence-electron chi connectivity index (χ2n) is 6.90. The fourth-order valence-corrected chi connectivity index (χ4v) is 2.60. The second-order valence-corrected chi connectivity index (χ2v) is 6.90. The molecule has 9 nitrogen and oxygen atoms in total. The Kier molecular flexibility index (Phi) is 8.36. The molecule has 9 heteroatoms. The van der Waals surface area contributed by atoms with Crippen LogP contribution in [0.2, 0.25) is 0 Å². The summed E-state index contributed by atoms with van der Waals surface area (Å²) in [6.07, 6.45) is 3.05. The zero-order valence-electron chi connectivity index (χ0n) is 17.6. The van der Waals surface area contributed by atoms with Gasteiger partial charge in [-0.1, -0.05) is 26.7 Å². The molecule has 0 radical (unpaired) electrons. The van der Waals surface area contributed by atoms with Crippen LogP contribution in [0.5, 0.6) is 23.0 Å². The van der Waals surface area contributed by atoms with Gasteiger partial charge in [0.15, 0.2) is 11.5 Å². The quantitative estimate of drug-likeness (QED) is 0.189. The summed E-state index contributed by atoms with van der Waals surface area (Å²) in [6.45, 7) is 4.32. The summed E-state index contributed by atoms with van der Waals surface area (Å²) in [6, 6.07) is 5.14. The van der Waals surface area contributed by atoms with E-state index in [0.717, 1.165) is 12.8 Å². The predicted octanol–water partition coefficient (Wildman–Crippen LogP) is 3.97. The highest BCUT2D eigenvalue weighted by atomic mass is 16.5. The van der Waals surface area contributed by atoms with Gasteiger partial charge in [-0.2, -0.15) is 0 Å². The van der Waals surface area contributed by atoms with Crippen LogP contribution in [0.1, 0.15) is 60.2 Å². The van der Waals surface area contributed by atoms with Gasteiger partial charge in [0, 0.05) is 12.1 Å². The molecule has 0 spiro atoms. The summed E-state index contributed by atoms with van der Waals surface area (Å²) < 4.78 is 15.9. The second kappa shape index (κ2) is 11.0. The first-order chi connectivity index (χ1) is 14.8. The molecule has 0 heterocycles. The standard InChI is InChI=1S/C22H28N2O7/c1-3-5-7-29-21(27)15-9-13(11-17(23)19(15)25)31-14-10-16(20(26)18(24)12-14)22(28)30-8-6-4-2/h9-12,25-26H,3-8,23-24H2,1-2H3. The van der Waals surface area contributed by atoms with Crippen molar-refractivity contribution in [3.63, 3.8) is 0 Å². The molecule has 0 aliphatic heterocycles. The highest BCUT2D eigenvalue weighted by molar-refractivity contribution is 5.96. The van der Waals surface area contributed by atoms with Crippen LogP contribution in [0.25, 0.3) is 0 Å². The molecule has 2 rings (SSSR count). The van der Waals surface area contributed by atoms with Gasteiger partial charge < -0.3 is 35.9 Å². The van der Waals surface area contributed by atoms with Crippen molar-refractivity contribution in [1.82, 2.24) is 0 Å². The molecule has 0 bridgehead atoms. The lowest BCUT2D eigenvalue weighted by atomic mass is 10.1. The third kappa shape index (κ3) is 6.18. The van der Waals surface area contributed by atoms with Crippen molar-refractivity contribution >= 4 is 23.3 Å². The van der Waals surface area contributed by atoms with Gasteiger partial charge in [-0.25, -0.2) is 9.59 Å². The number of phenolic OH excluding ortho intramolecular Hbond substituents is 2. The lowest BCUT2D eigenvalue weighted by molar-refractivity contribution is 0.0487. The lowest BCUT2D eigenvalue weighted by Crippen LogP contribution is -2.09. The molecular formula is C22H28N2O7. The Morgan fingerprint density at radius 1 is 0.774 bits per heavy atom. The Morgan fingerprint density at radius 2 is 1.16 bits per heavy atom. The van der Waals surface area contributed by atoms with Crippen molar-refractivity contribution in [1.29, 1.82) is 0 Å². The molecule has 0 atom stereocenters. The fraction of sp³-hybridized carbons (Fsp3) is 0.364. The molecule has 0 aromatic heterocycles. The van der Waals surface area contributed by atoms with Gasteiger partial charge in [0.25, 0.3) is 0 Å². The number of hydrogen-bond acceptors (Lipinski definition) is 9. The molecular weight excluding hydrogens is 404 g/mol. The van der Waals surface area contributed by atoms with Gasteiger partial charge in [0.1, 0.15) is 22.6 Å². The third-order valence-electron chi connectivity index (χ3n) is 4.36. The fourth-order valence-electron chi connectivity index (χ4n) is 2.60. The topological polar surface area (TPSA) is 154 Å². The summed E-state index contributed by atoms with van der Waals surface area (Å²) in [5.41, 5.74) is 11.1. The number of anilines is 2. The number of aromatic hydroxyl groups is 2. The van der Waals surface area contributed by atoms with Crippen LogP contribution in [0, 0.1) is 0 Å². The summed E-state index contributed by atoms with van der Waals surface area (Å²) in [4.78, 5) is 24.5. The number of carbonyl (C=O) groups excluding carboxylic acids is 2. The number of phenols is 2. The smallest absolute Gasteiger partial charge is 0.342 e. The van der Waals surface area contributed by atoms with Gasteiger partial charge in [0.2, 0.25) is 0 Å². The summed E-state index contributed by atoms with van der Waals surface area (Å²) in [5, 5.41) is 20.2. The van der Waals surface area contributed by atoms with E-state index in [4.69, 9.17) is 25.7 Å². The van der Waals surface area contributed by atoms with E-state index in [1.54, 1.807) is 0 Å². The number of ether oxygens (including phenoxy) is 3. The van der Waals surface area contributed by atoms with Crippen molar-refractivity contribution in [2.24, 2.45) is 0 Å². The van der Waals surface area contributed by atoms with Gasteiger partial charge in [0.05, 0.1) is 24.6 Å². The van der Waals surface area contributed by atoms with E-state index in [1.807, 2.05) is 13.8 Å².